The van der Waals surface area contributed by atoms with Gasteiger partial charge in [0.05, 0.1) is 21.2 Å². The number of nitrogens with one attached hydrogen (secondary N) is 2. The predicted octanol–water partition coefficient (Wildman–Crippen LogP) is 4.52. The lowest BCUT2D eigenvalue weighted by Crippen LogP contribution is -2.23. The van der Waals surface area contributed by atoms with Crippen LogP contribution in [0.5, 0.6) is 0 Å². The van der Waals surface area contributed by atoms with Gasteiger partial charge in [-0.2, -0.15) is 0 Å². The molecular weight excluding hydrogens is 415 g/mol. The van der Waals surface area contributed by atoms with E-state index < -0.39 is 15.9 Å². The first-order valence-corrected chi connectivity index (χ1v) is 10.5. The zero-order valence-electron chi connectivity index (χ0n) is 15.4. The van der Waals surface area contributed by atoms with Crippen molar-refractivity contribution in [3.05, 3.63) is 94.3 Å². The van der Waals surface area contributed by atoms with Gasteiger partial charge in [-0.15, -0.1) is 0 Å². The van der Waals surface area contributed by atoms with Gasteiger partial charge in [-0.05, 0) is 55.0 Å². The van der Waals surface area contributed by atoms with Crippen molar-refractivity contribution in [2.75, 3.05) is 4.72 Å². The molecule has 0 saturated carbocycles. The number of carbonyl (C=O) groups is 1. The quantitative estimate of drug-likeness (QED) is 0.601. The minimum absolute atomic E-state index is 0.103. The number of anilines is 1. The zero-order valence-corrected chi connectivity index (χ0v) is 17.0. The van der Waals surface area contributed by atoms with E-state index in [0.29, 0.717) is 0 Å². The predicted molar refractivity (Wildman–Crippen MR) is 111 cm³/mol. The van der Waals surface area contributed by atoms with Crippen LogP contribution < -0.4 is 10.0 Å². The number of amides is 1. The van der Waals surface area contributed by atoms with Crippen LogP contribution in [-0.4, -0.2) is 14.3 Å². The molecule has 8 heteroatoms. The van der Waals surface area contributed by atoms with Crippen molar-refractivity contribution in [1.82, 2.24) is 5.32 Å². The molecule has 29 heavy (non-hydrogen) atoms. The molecule has 0 spiro atoms. The summed E-state index contributed by atoms with van der Waals surface area (Å²) in [5.74, 6) is -0.779. The average molecular weight is 433 g/mol. The molecule has 0 aliphatic rings. The van der Waals surface area contributed by atoms with E-state index in [1.165, 1.54) is 42.5 Å². The Morgan fingerprint density at radius 2 is 1.66 bits per heavy atom. The van der Waals surface area contributed by atoms with Crippen LogP contribution in [0.15, 0.2) is 71.6 Å². The molecule has 0 aliphatic heterocycles. The molecule has 3 aromatic carbocycles. The topological polar surface area (TPSA) is 75.3 Å². The van der Waals surface area contributed by atoms with Crippen molar-refractivity contribution in [3.63, 3.8) is 0 Å². The molecule has 0 fully saturated rings. The number of halogens is 2. The molecule has 0 saturated heterocycles. The summed E-state index contributed by atoms with van der Waals surface area (Å²) in [6.45, 7) is 2.07. The molecule has 3 rings (SSSR count). The van der Waals surface area contributed by atoms with Gasteiger partial charge in [0.2, 0.25) is 0 Å². The summed E-state index contributed by atoms with van der Waals surface area (Å²) in [5, 5.41) is 2.79. The Balaban J connectivity index is 1.70. The molecule has 0 bridgehead atoms. The summed E-state index contributed by atoms with van der Waals surface area (Å²) in [7, 11) is -3.77. The molecule has 0 aliphatic carbocycles. The Morgan fingerprint density at radius 1 is 1.00 bits per heavy atom. The molecular formula is C21H18ClFN2O3S. The third kappa shape index (κ3) is 5.34. The summed E-state index contributed by atoms with van der Waals surface area (Å²) in [6.07, 6.45) is 0. The summed E-state index contributed by atoms with van der Waals surface area (Å²) in [6, 6.07) is 16.5. The molecule has 3 aromatic rings. The number of hydrogen-bond donors (Lipinski definition) is 2. The highest BCUT2D eigenvalue weighted by Crippen LogP contribution is 2.23. The van der Waals surface area contributed by atoms with E-state index >= 15 is 0 Å². The van der Waals surface area contributed by atoms with Gasteiger partial charge in [0.1, 0.15) is 5.82 Å². The van der Waals surface area contributed by atoms with E-state index in [-0.39, 0.29) is 33.5 Å². The normalized spacial score (nSPS) is 11.1. The van der Waals surface area contributed by atoms with Crippen molar-refractivity contribution >= 4 is 33.2 Å². The summed E-state index contributed by atoms with van der Waals surface area (Å²) in [5.41, 5.74) is 2.12. The van der Waals surface area contributed by atoms with Crippen LogP contribution in [0.4, 0.5) is 10.1 Å². The zero-order chi connectivity index (χ0) is 21.0. The van der Waals surface area contributed by atoms with Gasteiger partial charge in [-0.1, -0.05) is 41.4 Å². The minimum Gasteiger partial charge on any atom is -0.348 e. The van der Waals surface area contributed by atoms with E-state index in [2.05, 4.69) is 10.0 Å². The maximum absolute atomic E-state index is 12.9. The van der Waals surface area contributed by atoms with Gasteiger partial charge in [-0.3, -0.25) is 9.52 Å². The van der Waals surface area contributed by atoms with Gasteiger partial charge in [0.25, 0.3) is 15.9 Å². The largest absolute Gasteiger partial charge is 0.348 e. The molecule has 0 radical (unpaired) electrons. The van der Waals surface area contributed by atoms with Gasteiger partial charge < -0.3 is 5.32 Å². The van der Waals surface area contributed by atoms with Crippen LogP contribution in [0.3, 0.4) is 0 Å². The smallest absolute Gasteiger partial charge is 0.261 e. The fraction of sp³-hybridized carbons (Fsp3) is 0.0952. The Hall–Kier alpha value is -2.90. The first-order chi connectivity index (χ1) is 13.7. The lowest BCUT2D eigenvalue weighted by molar-refractivity contribution is 0.0951. The van der Waals surface area contributed by atoms with Crippen molar-refractivity contribution in [3.8, 4) is 0 Å². The second-order valence-electron chi connectivity index (χ2n) is 6.42. The maximum Gasteiger partial charge on any atom is 0.261 e. The highest BCUT2D eigenvalue weighted by atomic mass is 35.5. The standard InChI is InChI=1S/C21H18ClFN2O3S/c1-14-2-9-18(10-3-14)29(27,28)25-17-8-11-19(20(22)12-17)21(26)24-13-15-4-6-16(23)7-5-15/h2-12,25H,13H2,1H3,(H,24,26). The molecule has 0 heterocycles. The number of sulfonamides is 1. The highest BCUT2D eigenvalue weighted by Gasteiger charge is 2.16. The minimum atomic E-state index is -3.77. The van der Waals surface area contributed by atoms with Crippen LogP contribution in [0.25, 0.3) is 0 Å². The van der Waals surface area contributed by atoms with E-state index in [4.69, 9.17) is 11.6 Å². The molecule has 2 N–H and O–H groups in total. The molecule has 150 valence electrons. The Kier molecular flexibility index (Phi) is 6.20. The number of carbonyl (C=O) groups excluding carboxylic acids is 1. The Bertz CT molecular complexity index is 1130. The third-order valence-corrected chi connectivity index (χ3v) is 5.87. The van der Waals surface area contributed by atoms with E-state index in [1.54, 1.807) is 24.3 Å². The SMILES string of the molecule is Cc1ccc(S(=O)(=O)Nc2ccc(C(=O)NCc3ccc(F)cc3)c(Cl)c2)cc1. The number of aryl methyl sites for hydroxylation is 1. The van der Waals surface area contributed by atoms with Gasteiger partial charge >= 0.3 is 0 Å². The van der Waals surface area contributed by atoms with Crippen LogP contribution >= 0.6 is 11.6 Å². The molecule has 1 amide bonds. The van der Waals surface area contributed by atoms with E-state index in [9.17, 15) is 17.6 Å². The molecule has 0 unspecified atom stereocenters. The fourth-order valence-electron chi connectivity index (χ4n) is 2.57. The number of hydrogen-bond acceptors (Lipinski definition) is 3. The maximum atomic E-state index is 12.9. The van der Waals surface area contributed by atoms with Gasteiger partial charge in [0.15, 0.2) is 0 Å². The number of benzene rings is 3. The van der Waals surface area contributed by atoms with Gasteiger partial charge in [-0.25, -0.2) is 12.8 Å². The summed E-state index contributed by atoms with van der Waals surface area (Å²) < 4.78 is 40.3. The first kappa shape index (κ1) is 20.8. The average Bonchev–Trinajstić information content (AvgIpc) is 2.67. The fourth-order valence-corrected chi connectivity index (χ4v) is 3.89. The first-order valence-electron chi connectivity index (χ1n) is 8.66. The summed E-state index contributed by atoms with van der Waals surface area (Å²) in [4.78, 5) is 12.5. The van der Waals surface area contributed by atoms with E-state index in [0.717, 1.165) is 11.1 Å². The Labute approximate surface area is 173 Å². The van der Waals surface area contributed by atoms with Crippen molar-refractivity contribution in [1.29, 1.82) is 0 Å². The molecule has 0 atom stereocenters. The van der Waals surface area contributed by atoms with Crippen LogP contribution in [0, 0.1) is 12.7 Å². The second-order valence-corrected chi connectivity index (χ2v) is 8.51. The lowest BCUT2D eigenvalue weighted by atomic mass is 10.1. The number of rotatable bonds is 6. The van der Waals surface area contributed by atoms with Crippen molar-refractivity contribution in [2.45, 2.75) is 18.4 Å². The van der Waals surface area contributed by atoms with Crippen LogP contribution in [0.2, 0.25) is 5.02 Å². The molecule has 0 aromatic heterocycles. The third-order valence-electron chi connectivity index (χ3n) is 4.16. The van der Waals surface area contributed by atoms with E-state index in [1.807, 2.05) is 6.92 Å². The Morgan fingerprint density at radius 3 is 2.28 bits per heavy atom. The lowest BCUT2D eigenvalue weighted by Gasteiger charge is -2.11. The second kappa shape index (κ2) is 8.63. The molecule has 5 nitrogen and oxygen atoms in total. The van der Waals surface area contributed by atoms with Crippen molar-refractivity contribution in [2.24, 2.45) is 0 Å². The van der Waals surface area contributed by atoms with Crippen LogP contribution in [0.1, 0.15) is 21.5 Å². The van der Waals surface area contributed by atoms with Crippen molar-refractivity contribution < 1.29 is 17.6 Å². The van der Waals surface area contributed by atoms with Crippen LogP contribution in [-0.2, 0) is 16.6 Å². The summed E-state index contributed by atoms with van der Waals surface area (Å²) >= 11 is 6.18. The van der Waals surface area contributed by atoms with Gasteiger partial charge in [0, 0.05) is 6.54 Å². The highest BCUT2D eigenvalue weighted by molar-refractivity contribution is 7.92. The monoisotopic (exact) mass is 432 g/mol.